The molecule has 0 bridgehead atoms. The number of carbonyl (C=O) groups is 1. The molecule has 1 rings (SSSR count). The molecule has 4 nitrogen and oxygen atoms in total. The van der Waals surface area contributed by atoms with Gasteiger partial charge >= 0.3 is 6.03 Å². The lowest BCUT2D eigenvalue weighted by atomic mass is 10.1. The molecular weight excluding hydrogens is 202 g/mol. The molecule has 2 amide bonds. The Balaban J connectivity index is 2.37. The molecule has 0 radical (unpaired) electrons. The summed E-state index contributed by atoms with van der Waals surface area (Å²) >= 11 is 0. The predicted molar refractivity (Wildman–Crippen MR) is 61.7 cm³/mol. The number of hydrogen-bond acceptors (Lipinski definition) is 2. The number of benzene rings is 1. The molecule has 84 valence electrons. The molecule has 0 aliphatic heterocycles. The maximum atomic E-state index is 11.2. The van der Waals surface area contributed by atoms with E-state index in [0.29, 0.717) is 18.7 Å². The second-order valence-corrected chi connectivity index (χ2v) is 3.42. The van der Waals surface area contributed by atoms with Gasteiger partial charge in [0.25, 0.3) is 0 Å². The minimum absolute atomic E-state index is 0.161. The highest BCUT2D eigenvalue weighted by Gasteiger charge is 1.98. The molecule has 0 aliphatic rings. The maximum absolute atomic E-state index is 11.2. The van der Waals surface area contributed by atoms with E-state index in [2.05, 4.69) is 10.6 Å². The molecule has 0 saturated carbocycles. The van der Waals surface area contributed by atoms with Crippen molar-refractivity contribution < 1.29 is 4.79 Å². The number of nitrogens with one attached hydrogen (secondary N) is 2. The number of nitrogens with zero attached hydrogens (tertiary/aromatic N) is 1. The minimum Gasteiger partial charge on any atom is -0.338 e. The molecular formula is C12H15N3O. The van der Waals surface area contributed by atoms with E-state index in [1.165, 1.54) is 0 Å². The van der Waals surface area contributed by atoms with Crippen molar-refractivity contribution in [3.05, 3.63) is 35.4 Å². The molecule has 0 saturated heterocycles. The van der Waals surface area contributed by atoms with Gasteiger partial charge in [-0.3, -0.25) is 0 Å². The first-order valence-electron chi connectivity index (χ1n) is 5.27. The van der Waals surface area contributed by atoms with Gasteiger partial charge in [-0.15, -0.1) is 0 Å². The molecule has 0 aromatic heterocycles. The molecule has 4 heteroatoms. The van der Waals surface area contributed by atoms with E-state index in [1.54, 1.807) is 12.1 Å². The lowest BCUT2D eigenvalue weighted by Gasteiger charge is -2.06. The van der Waals surface area contributed by atoms with E-state index in [9.17, 15) is 4.79 Å². The van der Waals surface area contributed by atoms with Crippen LogP contribution in [0.4, 0.5) is 4.79 Å². The van der Waals surface area contributed by atoms with E-state index in [0.717, 1.165) is 12.0 Å². The van der Waals surface area contributed by atoms with Crippen LogP contribution in [0.25, 0.3) is 0 Å². The van der Waals surface area contributed by atoms with Crippen molar-refractivity contribution in [1.82, 2.24) is 10.6 Å². The number of urea groups is 1. The quantitative estimate of drug-likeness (QED) is 0.807. The summed E-state index contributed by atoms with van der Waals surface area (Å²) in [5.74, 6) is 0. The fourth-order valence-corrected chi connectivity index (χ4v) is 1.18. The van der Waals surface area contributed by atoms with Crippen LogP contribution in [0.15, 0.2) is 24.3 Å². The molecule has 0 fully saturated rings. The summed E-state index contributed by atoms with van der Waals surface area (Å²) in [6, 6.07) is 9.02. The number of amides is 2. The van der Waals surface area contributed by atoms with Crippen LogP contribution in [0, 0.1) is 11.3 Å². The number of rotatable bonds is 4. The molecule has 0 unspecified atom stereocenters. The van der Waals surface area contributed by atoms with Crippen molar-refractivity contribution >= 4 is 6.03 Å². The van der Waals surface area contributed by atoms with Gasteiger partial charge in [-0.05, 0) is 24.1 Å². The molecule has 0 spiro atoms. The average molecular weight is 217 g/mol. The summed E-state index contributed by atoms with van der Waals surface area (Å²) in [5, 5.41) is 14.1. The van der Waals surface area contributed by atoms with Gasteiger partial charge in [-0.1, -0.05) is 19.1 Å². The lowest BCUT2D eigenvalue weighted by molar-refractivity contribution is 0.240. The Hall–Kier alpha value is -2.02. The molecule has 2 N–H and O–H groups in total. The monoisotopic (exact) mass is 217 g/mol. The second kappa shape index (κ2) is 6.46. The topological polar surface area (TPSA) is 64.9 Å². The third kappa shape index (κ3) is 4.01. The van der Waals surface area contributed by atoms with E-state index in [-0.39, 0.29) is 6.03 Å². The van der Waals surface area contributed by atoms with Crippen LogP contribution in [0.2, 0.25) is 0 Å². The summed E-state index contributed by atoms with van der Waals surface area (Å²) in [7, 11) is 0. The average Bonchev–Trinajstić information content (AvgIpc) is 2.34. The summed E-state index contributed by atoms with van der Waals surface area (Å²) in [6.07, 6.45) is 0.921. The first-order chi connectivity index (χ1) is 7.76. The third-order valence-electron chi connectivity index (χ3n) is 2.07. The van der Waals surface area contributed by atoms with Crippen LogP contribution >= 0.6 is 0 Å². The van der Waals surface area contributed by atoms with E-state index >= 15 is 0 Å². The SMILES string of the molecule is CCCNC(=O)NCc1ccc(C#N)cc1. The Morgan fingerprint density at radius 2 is 2.00 bits per heavy atom. The van der Waals surface area contributed by atoms with Gasteiger partial charge in [-0.2, -0.15) is 5.26 Å². The molecule has 1 aromatic rings. The van der Waals surface area contributed by atoms with Crippen molar-refractivity contribution in [1.29, 1.82) is 5.26 Å². The van der Waals surface area contributed by atoms with Crippen LogP contribution < -0.4 is 10.6 Å². The third-order valence-corrected chi connectivity index (χ3v) is 2.07. The second-order valence-electron chi connectivity index (χ2n) is 3.42. The zero-order valence-corrected chi connectivity index (χ0v) is 9.29. The molecule has 1 aromatic carbocycles. The first kappa shape index (κ1) is 12.1. The zero-order chi connectivity index (χ0) is 11.8. The number of nitriles is 1. The van der Waals surface area contributed by atoms with Crippen molar-refractivity contribution in [2.24, 2.45) is 0 Å². The molecule has 0 atom stereocenters. The standard InChI is InChI=1S/C12H15N3O/c1-2-7-14-12(16)15-9-11-5-3-10(8-13)4-6-11/h3-6H,2,7,9H2,1H3,(H2,14,15,16). The van der Waals surface area contributed by atoms with Crippen LogP contribution in [0.3, 0.4) is 0 Å². The Morgan fingerprint density at radius 1 is 1.31 bits per heavy atom. The van der Waals surface area contributed by atoms with Crippen LogP contribution in [-0.4, -0.2) is 12.6 Å². The van der Waals surface area contributed by atoms with Gasteiger partial charge < -0.3 is 10.6 Å². The fraction of sp³-hybridized carbons (Fsp3) is 0.333. The highest BCUT2D eigenvalue weighted by Crippen LogP contribution is 2.02. The Morgan fingerprint density at radius 3 is 2.56 bits per heavy atom. The number of hydrogen-bond donors (Lipinski definition) is 2. The summed E-state index contributed by atoms with van der Waals surface area (Å²) in [6.45, 7) is 3.15. The van der Waals surface area contributed by atoms with Crippen LogP contribution in [-0.2, 0) is 6.54 Å². The summed E-state index contributed by atoms with van der Waals surface area (Å²) in [5.41, 5.74) is 1.60. The summed E-state index contributed by atoms with van der Waals surface area (Å²) in [4.78, 5) is 11.2. The van der Waals surface area contributed by atoms with E-state index < -0.39 is 0 Å². The van der Waals surface area contributed by atoms with Crippen molar-refractivity contribution in [3.8, 4) is 6.07 Å². The lowest BCUT2D eigenvalue weighted by Crippen LogP contribution is -2.35. The smallest absolute Gasteiger partial charge is 0.315 e. The van der Waals surface area contributed by atoms with Crippen LogP contribution in [0.5, 0.6) is 0 Å². The normalized spacial score (nSPS) is 9.25. The first-order valence-corrected chi connectivity index (χ1v) is 5.27. The van der Waals surface area contributed by atoms with Gasteiger partial charge in [0.1, 0.15) is 0 Å². The van der Waals surface area contributed by atoms with E-state index in [4.69, 9.17) is 5.26 Å². The summed E-state index contributed by atoms with van der Waals surface area (Å²) < 4.78 is 0. The van der Waals surface area contributed by atoms with Crippen molar-refractivity contribution in [2.45, 2.75) is 19.9 Å². The van der Waals surface area contributed by atoms with Gasteiger partial charge in [0, 0.05) is 13.1 Å². The largest absolute Gasteiger partial charge is 0.338 e. The maximum Gasteiger partial charge on any atom is 0.315 e. The number of carbonyl (C=O) groups excluding carboxylic acids is 1. The zero-order valence-electron chi connectivity index (χ0n) is 9.29. The molecule has 0 heterocycles. The van der Waals surface area contributed by atoms with Gasteiger partial charge in [0.05, 0.1) is 11.6 Å². The highest BCUT2D eigenvalue weighted by molar-refractivity contribution is 5.73. The Bertz CT molecular complexity index is 378. The minimum atomic E-state index is -0.161. The van der Waals surface area contributed by atoms with Crippen LogP contribution in [0.1, 0.15) is 24.5 Å². The van der Waals surface area contributed by atoms with Gasteiger partial charge in [0.15, 0.2) is 0 Å². The Kier molecular flexibility index (Phi) is 4.87. The predicted octanol–water partition coefficient (Wildman–Crippen LogP) is 1.77. The Labute approximate surface area is 95.3 Å². The fourth-order valence-electron chi connectivity index (χ4n) is 1.18. The molecule has 16 heavy (non-hydrogen) atoms. The van der Waals surface area contributed by atoms with Crippen molar-refractivity contribution in [3.63, 3.8) is 0 Å². The van der Waals surface area contributed by atoms with E-state index in [1.807, 2.05) is 25.1 Å². The van der Waals surface area contributed by atoms with Gasteiger partial charge in [-0.25, -0.2) is 4.79 Å². The van der Waals surface area contributed by atoms with Crippen molar-refractivity contribution in [2.75, 3.05) is 6.54 Å². The highest BCUT2D eigenvalue weighted by atomic mass is 16.2. The molecule has 0 aliphatic carbocycles. The van der Waals surface area contributed by atoms with Gasteiger partial charge in [0.2, 0.25) is 0 Å².